The van der Waals surface area contributed by atoms with Crippen LogP contribution in [0.4, 0.5) is 11.4 Å². The quantitative estimate of drug-likeness (QED) is 0.846. The van der Waals surface area contributed by atoms with Gasteiger partial charge in [0.1, 0.15) is 17.2 Å². The van der Waals surface area contributed by atoms with Gasteiger partial charge in [-0.25, -0.2) is 0 Å². The van der Waals surface area contributed by atoms with Crippen molar-refractivity contribution in [2.75, 3.05) is 38.1 Å². The summed E-state index contributed by atoms with van der Waals surface area (Å²) in [6.45, 7) is 0.276. The maximum atomic E-state index is 12.6. The smallest absolute Gasteiger partial charge is 0.229 e. The number of methoxy groups -OCH3 is 3. The topological polar surface area (TPSA) is 77.1 Å². The van der Waals surface area contributed by atoms with Gasteiger partial charge in [-0.15, -0.1) is 0 Å². The van der Waals surface area contributed by atoms with Crippen molar-refractivity contribution in [2.24, 2.45) is 5.92 Å². The molecule has 0 aliphatic carbocycles. The second-order valence-corrected chi connectivity index (χ2v) is 6.16. The molecular weight excluding hydrogens is 348 g/mol. The number of amides is 2. The molecule has 0 aromatic heterocycles. The van der Waals surface area contributed by atoms with Crippen LogP contribution < -0.4 is 24.4 Å². The Balaban J connectivity index is 1.76. The Bertz CT molecular complexity index is 852. The molecule has 27 heavy (non-hydrogen) atoms. The van der Waals surface area contributed by atoms with Crippen molar-refractivity contribution in [3.63, 3.8) is 0 Å². The van der Waals surface area contributed by atoms with Gasteiger partial charge in [-0.1, -0.05) is 6.07 Å². The van der Waals surface area contributed by atoms with E-state index in [0.29, 0.717) is 28.6 Å². The van der Waals surface area contributed by atoms with Crippen molar-refractivity contribution in [3.05, 3.63) is 42.5 Å². The van der Waals surface area contributed by atoms with E-state index in [1.807, 2.05) is 0 Å². The molecule has 2 aromatic rings. The second kappa shape index (κ2) is 7.99. The van der Waals surface area contributed by atoms with Crippen molar-refractivity contribution >= 4 is 23.2 Å². The summed E-state index contributed by atoms with van der Waals surface area (Å²) < 4.78 is 15.8. The molecular formula is C20H22N2O5. The van der Waals surface area contributed by atoms with E-state index in [1.54, 1.807) is 68.7 Å². The summed E-state index contributed by atoms with van der Waals surface area (Å²) in [6.07, 6.45) is 0.135. The number of hydrogen-bond acceptors (Lipinski definition) is 5. The summed E-state index contributed by atoms with van der Waals surface area (Å²) in [5, 5.41) is 2.85. The van der Waals surface area contributed by atoms with Crippen LogP contribution in [0.2, 0.25) is 0 Å². The van der Waals surface area contributed by atoms with Crippen molar-refractivity contribution in [1.29, 1.82) is 0 Å². The van der Waals surface area contributed by atoms with Crippen molar-refractivity contribution < 1.29 is 23.8 Å². The Morgan fingerprint density at radius 1 is 1.04 bits per heavy atom. The highest BCUT2D eigenvalue weighted by atomic mass is 16.5. The van der Waals surface area contributed by atoms with Gasteiger partial charge in [0.05, 0.1) is 32.9 Å². The number of benzene rings is 2. The number of anilines is 2. The van der Waals surface area contributed by atoms with E-state index in [0.717, 1.165) is 0 Å². The molecule has 1 N–H and O–H groups in total. The van der Waals surface area contributed by atoms with Gasteiger partial charge in [0.2, 0.25) is 11.8 Å². The van der Waals surface area contributed by atoms with Crippen LogP contribution >= 0.6 is 0 Å². The molecule has 7 heteroatoms. The Kier molecular flexibility index (Phi) is 5.49. The van der Waals surface area contributed by atoms with Gasteiger partial charge < -0.3 is 24.4 Å². The number of nitrogens with zero attached hydrogens (tertiary/aromatic N) is 1. The fourth-order valence-corrected chi connectivity index (χ4v) is 3.07. The first kappa shape index (κ1) is 18.6. The Hall–Kier alpha value is -3.22. The normalized spacial score (nSPS) is 16.2. The van der Waals surface area contributed by atoms with E-state index in [4.69, 9.17) is 14.2 Å². The third-order valence-electron chi connectivity index (χ3n) is 4.51. The first-order valence-corrected chi connectivity index (χ1v) is 8.53. The molecule has 0 bridgehead atoms. The molecule has 0 spiro atoms. The Morgan fingerprint density at radius 3 is 2.48 bits per heavy atom. The van der Waals surface area contributed by atoms with Crippen LogP contribution in [0.3, 0.4) is 0 Å². The van der Waals surface area contributed by atoms with Crippen LogP contribution in [0.25, 0.3) is 0 Å². The van der Waals surface area contributed by atoms with Crippen LogP contribution in [-0.2, 0) is 9.59 Å². The second-order valence-electron chi connectivity index (χ2n) is 6.16. The molecule has 0 saturated carbocycles. The predicted molar refractivity (Wildman–Crippen MR) is 102 cm³/mol. The highest BCUT2D eigenvalue weighted by Crippen LogP contribution is 2.36. The number of nitrogens with one attached hydrogen (secondary N) is 1. The summed E-state index contributed by atoms with van der Waals surface area (Å²) in [5.74, 6) is 1.02. The largest absolute Gasteiger partial charge is 0.497 e. The standard InChI is InChI=1S/C20H22N2O5/c1-25-15-6-4-5-14(10-15)21-20(24)13-9-19(23)22(12-13)17-11-16(26-2)7-8-18(17)27-3/h4-8,10-11,13H,9,12H2,1-3H3,(H,21,24)/t13-/m1/s1. The molecule has 3 rings (SSSR count). The molecule has 1 heterocycles. The van der Waals surface area contributed by atoms with Gasteiger partial charge >= 0.3 is 0 Å². The lowest BCUT2D eigenvalue weighted by atomic mass is 10.1. The molecule has 1 aliphatic heterocycles. The molecule has 2 amide bonds. The molecule has 142 valence electrons. The zero-order valence-electron chi connectivity index (χ0n) is 15.5. The number of carbonyl (C=O) groups is 2. The number of rotatable bonds is 6. The van der Waals surface area contributed by atoms with Crippen molar-refractivity contribution in [2.45, 2.75) is 6.42 Å². The van der Waals surface area contributed by atoms with Gasteiger partial charge in [-0.05, 0) is 24.3 Å². The summed E-state index contributed by atoms with van der Waals surface area (Å²) in [7, 11) is 4.66. The first-order chi connectivity index (χ1) is 13.0. The summed E-state index contributed by atoms with van der Waals surface area (Å²) in [4.78, 5) is 26.7. The summed E-state index contributed by atoms with van der Waals surface area (Å²) in [6, 6.07) is 12.3. The highest BCUT2D eigenvalue weighted by Gasteiger charge is 2.36. The lowest BCUT2D eigenvalue weighted by Gasteiger charge is -2.20. The maximum Gasteiger partial charge on any atom is 0.229 e. The maximum absolute atomic E-state index is 12.6. The van der Waals surface area contributed by atoms with Crippen LogP contribution in [0.15, 0.2) is 42.5 Å². The number of hydrogen-bond donors (Lipinski definition) is 1. The Labute approximate surface area is 157 Å². The molecule has 2 aromatic carbocycles. The highest BCUT2D eigenvalue weighted by molar-refractivity contribution is 6.04. The zero-order chi connectivity index (χ0) is 19.4. The van der Waals surface area contributed by atoms with E-state index in [1.165, 1.54) is 0 Å². The number of ether oxygens (including phenoxy) is 3. The molecule has 0 radical (unpaired) electrons. The molecule has 1 aliphatic rings. The molecule has 0 unspecified atom stereocenters. The lowest BCUT2D eigenvalue weighted by molar-refractivity contribution is -0.122. The van der Waals surface area contributed by atoms with Crippen molar-refractivity contribution in [1.82, 2.24) is 0 Å². The fourth-order valence-electron chi connectivity index (χ4n) is 3.07. The zero-order valence-corrected chi connectivity index (χ0v) is 15.5. The monoisotopic (exact) mass is 370 g/mol. The summed E-state index contributed by atoms with van der Waals surface area (Å²) >= 11 is 0. The average Bonchev–Trinajstić information content (AvgIpc) is 3.09. The van der Waals surface area contributed by atoms with Crippen LogP contribution in [0, 0.1) is 5.92 Å². The first-order valence-electron chi connectivity index (χ1n) is 8.53. The van der Waals surface area contributed by atoms with Crippen LogP contribution in [-0.4, -0.2) is 39.7 Å². The molecule has 1 fully saturated rings. The van der Waals surface area contributed by atoms with Gasteiger partial charge in [0.15, 0.2) is 0 Å². The van der Waals surface area contributed by atoms with E-state index in [-0.39, 0.29) is 24.8 Å². The third kappa shape index (κ3) is 3.97. The van der Waals surface area contributed by atoms with Gasteiger partial charge in [-0.2, -0.15) is 0 Å². The van der Waals surface area contributed by atoms with E-state index < -0.39 is 5.92 Å². The minimum atomic E-state index is -0.459. The number of carbonyl (C=O) groups excluding carboxylic acids is 2. The van der Waals surface area contributed by atoms with E-state index >= 15 is 0 Å². The Morgan fingerprint density at radius 2 is 1.78 bits per heavy atom. The predicted octanol–water partition coefficient (Wildman–Crippen LogP) is 2.70. The molecule has 1 atom stereocenters. The fraction of sp³-hybridized carbons (Fsp3) is 0.300. The van der Waals surface area contributed by atoms with Gasteiger partial charge in [-0.3, -0.25) is 9.59 Å². The molecule has 7 nitrogen and oxygen atoms in total. The van der Waals surface area contributed by atoms with Crippen molar-refractivity contribution in [3.8, 4) is 17.2 Å². The lowest BCUT2D eigenvalue weighted by Crippen LogP contribution is -2.28. The molecule has 1 saturated heterocycles. The average molecular weight is 370 g/mol. The summed E-state index contributed by atoms with van der Waals surface area (Å²) in [5.41, 5.74) is 1.22. The SMILES string of the molecule is COc1cccc(NC(=O)[C@@H]2CC(=O)N(c3cc(OC)ccc3OC)C2)c1. The van der Waals surface area contributed by atoms with Gasteiger partial charge in [0, 0.05) is 30.8 Å². The van der Waals surface area contributed by atoms with E-state index in [2.05, 4.69) is 5.32 Å². The third-order valence-corrected chi connectivity index (χ3v) is 4.51. The van der Waals surface area contributed by atoms with Crippen LogP contribution in [0.5, 0.6) is 17.2 Å². The van der Waals surface area contributed by atoms with Crippen LogP contribution in [0.1, 0.15) is 6.42 Å². The van der Waals surface area contributed by atoms with Gasteiger partial charge in [0.25, 0.3) is 0 Å². The minimum Gasteiger partial charge on any atom is -0.497 e. The minimum absolute atomic E-state index is 0.132. The van der Waals surface area contributed by atoms with E-state index in [9.17, 15) is 9.59 Å².